The lowest BCUT2D eigenvalue weighted by Crippen LogP contribution is -2.25. The van der Waals surface area contributed by atoms with E-state index in [2.05, 4.69) is 10.3 Å². The molecule has 1 heterocycles. The van der Waals surface area contributed by atoms with Crippen molar-refractivity contribution in [3.05, 3.63) is 29.6 Å². The minimum absolute atomic E-state index is 0.180. The molecule has 1 N–H and O–H groups in total. The zero-order valence-corrected chi connectivity index (χ0v) is 12.0. The second-order valence-electron chi connectivity index (χ2n) is 4.52. The lowest BCUT2D eigenvalue weighted by Gasteiger charge is -2.15. The summed E-state index contributed by atoms with van der Waals surface area (Å²) in [7, 11) is 0.882. The third kappa shape index (κ3) is 6.09. The van der Waals surface area contributed by atoms with Gasteiger partial charge in [0.25, 0.3) is 0 Å². The van der Waals surface area contributed by atoms with E-state index < -0.39 is 9.84 Å². The fourth-order valence-corrected chi connectivity index (χ4v) is 2.22. The highest BCUT2D eigenvalue weighted by Gasteiger charge is 2.07. The minimum atomic E-state index is -2.90. The molecule has 0 saturated heterocycles. The summed E-state index contributed by atoms with van der Waals surface area (Å²) >= 11 is 0. The molecule has 0 amide bonds. The van der Waals surface area contributed by atoms with Gasteiger partial charge in [-0.15, -0.1) is 0 Å². The van der Waals surface area contributed by atoms with Crippen molar-refractivity contribution >= 4 is 9.84 Å². The molecule has 6 heteroatoms. The molecule has 0 bridgehead atoms. The van der Waals surface area contributed by atoms with Crippen molar-refractivity contribution in [1.29, 1.82) is 0 Å². The molecule has 102 valence electrons. The van der Waals surface area contributed by atoms with Gasteiger partial charge in [-0.3, -0.25) is 9.88 Å². The number of hydrogen-bond donors (Lipinski definition) is 1. The van der Waals surface area contributed by atoms with Crippen LogP contribution in [0.3, 0.4) is 0 Å². The average Bonchev–Trinajstić information content (AvgIpc) is 2.26. The van der Waals surface area contributed by atoms with Crippen molar-refractivity contribution in [2.45, 2.75) is 13.1 Å². The molecule has 0 radical (unpaired) electrons. The van der Waals surface area contributed by atoms with E-state index in [4.69, 9.17) is 0 Å². The van der Waals surface area contributed by atoms with E-state index in [1.54, 1.807) is 0 Å². The Morgan fingerprint density at radius 1 is 1.33 bits per heavy atom. The summed E-state index contributed by atoms with van der Waals surface area (Å²) in [6.45, 7) is 1.92. The van der Waals surface area contributed by atoms with Crippen molar-refractivity contribution in [2.75, 3.05) is 32.6 Å². The van der Waals surface area contributed by atoms with Crippen LogP contribution in [0.25, 0.3) is 0 Å². The van der Waals surface area contributed by atoms with Crippen LogP contribution in [0.4, 0.5) is 0 Å². The molecule has 0 aliphatic heterocycles. The Kier molecular flexibility index (Phi) is 5.71. The summed E-state index contributed by atoms with van der Waals surface area (Å²) in [6.07, 6.45) is 1.26. The van der Waals surface area contributed by atoms with E-state index >= 15 is 0 Å². The van der Waals surface area contributed by atoms with Crippen molar-refractivity contribution in [3.63, 3.8) is 0 Å². The summed E-state index contributed by atoms with van der Waals surface area (Å²) in [5, 5.41) is 3.05. The van der Waals surface area contributed by atoms with Crippen LogP contribution in [-0.4, -0.2) is 51.0 Å². The van der Waals surface area contributed by atoms with Crippen LogP contribution < -0.4 is 5.32 Å². The first-order chi connectivity index (χ1) is 8.40. The predicted octanol–water partition coefficient (Wildman–Crippen LogP) is 0.277. The Hall–Kier alpha value is -0.980. The van der Waals surface area contributed by atoms with Crippen molar-refractivity contribution in [2.24, 2.45) is 0 Å². The maximum atomic E-state index is 11.1. The first-order valence-electron chi connectivity index (χ1n) is 5.86. The standard InChI is InChI=1S/C12H21N3O2S/c1-13-9-11-5-4-6-12(14-11)10-15(2)7-8-18(3,16)17/h4-6,13H,7-10H2,1-3H3. The van der Waals surface area contributed by atoms with E-state index in [1.165, 1.54) is 6.26 Å². The third-order valence-corrected chi connectivity index (χ3v) is 3.42. The smallest absolute Gasteiger partial charge is 0.148 e. The quantitative estimate of drug-likeness (QED) is 0.771. The fourth-order valence-electron chi connectivity index (χ4n) is 1.57. The topological polar surface area (TPSA) is 62.3 Å². The largest absolute Gasteiger partial charge is 0.314 e. The van der Waals surface area contributed by atoms with Crippen molar-refractivity contribution in [1.82, 2.24) is 15.2 Å². The summed E-state index contributed by atoms with van der Waals surface area (Å²) in [5.41, 5.74) is 1.95. The highest BCUT2D eigenvalue weighted by molar-refractivity contribution is 7.90. The van der Waals surface area contributed by atoms with E-state index in [9.17, 15) is 8.42 Å². The van der Waals surface area contributed by atoms with Crippen LogP contribution in [0.5, 0.6) is 0 Å². The van der Waals surface area contributed by atoms with E-state index in [1.807, 2.05) is 37.2 Å². The fraction of sp³-hybridized carbons (Fsp3) is 0.583. The number of nitrogens with one attached hydrogen (secondary N) is 1. The van der Waals surface area contributed by atoms with Crippen molar-refractivity contribution in [3.8, 4) is 0 Å². The molecule has 0 atom stereocenters. The zero-order chi connectivity index (χ0) is 13.6. The Labute approximate surface area is 109 Å². The molecule has 5 nitrogen and oxygen atoms in total. The number of nitrogens with zero attached hydrogens (tertiary/aromatic N) is 2. The number of aromatic nitrogens is 1. The van der Waals surface area contributed by atoms with Crippen LogP contribution >= 0.6 is 0 Å². The zero-order valence-electron chi connectivity index (χ0n) is 11.2. The van der Waals surface area contributed by atoms with Gasteiger partial charge in [0.1, 0.15) is 9.84 Å². The van der Waals surface area contributed by atoms with Gasteiger partial charge < -0.3 is 5.32 Å². The van der Waals surface area contributed by atoms with Gasteiger partial charge in [-0.25, -0.2) is 8.42 Å². The number of rotatable bonds is 7. The van der Waals surface area contributed by atoms with E-state index in [0.717, 1.165) is 17.9 Å². The molecule has 0 aliphatic rings. The van der Waals surface area contributed by atoms with Crippen LogP contribution in [0.2, 0.25) is 0 Å². The second-order valence-corrected chi connectivity index (χ2v) is 6.78. The lowest BCUT2D eigenvalue weighted by molar-refractivity contribution is 0.341. The molecule has 1 rings (SSSR count). The van der Waals surface area contributed by atoms with E-state index in [0.29, 0.717) is 13.1 Å². The highest BCUT2D eigenvalue weighted by atomic mass is 32.2. The molecule has 1 aromatic heterocycles. The van der Waals surface area contributed by atoms with Crippen LogP contribution in [0, 0.1) is 0 Å². The third-order valence-electron chi connectivity index (χ3n) is 2.50. The Bertz CT molecular complexity index is 474. The summed E-state index contributed by atoms with van der Waals surface area (Å²) in [4.78, 5) is 6.46. The maximum absolute atomic E-state index is 11.1. The van der Waals surface area contributed by atoms with Gasteiger partial charge in [0.05, 0.1) is 17.1 Å². The average molecular weight is 271 g/mol. The van der Waals surface area contributed by atoms with E-state index in [-0.39, 0.29) is 5.75 Å². The first-order valence-corrected chi connectivity index (χ1v) is 7.92. The SMILES string of the molecule is CNCc1cccc(CN(C)CCS(C)(=O)=O)n1. The van der Waals surface area contributed by atoms with Crippen LogP contribution in [-0.2, 0) is 22.9 Å². The van der Waals surface area contributed by atoms with Gasteiger partial charge in [0, 0.05) is 25.9 Å². The molecule has 1 aromatic rings. The monoisotopic (exact) mass is 271 g/mol. The molecular formula is C12H21N3O2S. The Morgan fingerprint density at radius 2 is 2.00 bits per heavy atom. The maximum Gasteiger partial charge on any atom is 0.148 e. The Morgan fingerprint density at radius 3 is 2.61 bits per heavy atom. The molecule has 0 spiro atoms. The van der Waals surface area contributed by atoms with Crippen molar-refractivity contribution < 1.29 is 8.42 Å². The van der Waals surface area contributed by atoms with Crippen LogP contribution in [0.15, 0.2) is 18.2 Å². The summed E-state index contributed by atoms with van der Waals surface area (Å²) < 4.78 is 22.2. The molecular weight excluding hydrogens is 250 g/mol. The Balaban J connectivity index is 2.53. The summed E-state index contributed by atoms with van der Waals surface area (Å²) in [5.74, 6) is 0.180. The highest BCUT2D eigenvalue weighted by Crippen LogP contribution is 2.03. The predicted molar refractivity (Wildman–Crippen MR) is 73.0 cm³/mol. The van der Waals surface area contributed by atoms with Gasteiger partial charge in [-0.05, 0) is 26.2 Å². The van der Waals surface area contributed by atoms with Gasteiger partial charge in [-0.1, -0.05) is 6.07 Å². The molecule has 18 heavy (non-hydrogen) atoms. The van der Waals surface area contributed by atoms with Gasteiger partial charge in [-0.2, -0.15) is 0 Å². The molecule has 0 saturated carbocycles. The number of pyridine rings is 1. The molecule has 0 unspecified atom stereocenters. The molecule has 0 aromatic carbocycles. The first kappa shape index (κ1) is 15.1. The van der Waals surface area contributed by atoms with Gasteiger partial charge in [0.2, 0.25) is 0 Å². The lowest BCUT2D eigenvalue weighted by atomic mass is 10.3. The number of sulfone groups is 1. The molecule has 0 aliphatic carbocycles. The van der Waals surface area contributed by atoms with Crippen LogP contribution in [0.1, 0.15) is 11.4 Å². The molecule has 0 fully saturated rings. The second kappa shape index (κ2) is 6.82. The minimum Gasteiger partial charge on any atom is -0.314 e. The normalized spacial score (nSPS) is 12.0. The van der Waals surface area contributed by atoms with Gasteiger partial charge >= 0.3 is 0 Å². The summed E-state index contributed by atoms with van der Waals surface area (Å²) in [6, 6.07) is 5.89. The van der Waals surface area contributed by atoms with Gasteiger partial charge in [0.15, 0.2) is 0 Å². The number of hydrogen-bond acceptors (Lipinski definition) is 5.